The lowest BCUT2D eigenvalue weighted by atomic mass is 10.1. The number of rotatable bonds is 5. The van der Waals surface area contributed by atoms with Crippen LogP contribution in [0.1, 0.15) is 30.5 Å². The van der Waals surface area contributed by atoms with Gasteiger partial charge < -0.3 is 10.1 Å². The molecule has 0 saturated carbocycles. The highest BCUT2D eigenvalue weighted by molar-refractivity contribution is 6.10. The van der Waals surface area contributed by atoms with E-state index in [2.05, 4.69) is 5.32 Å². The minimum atomic E-state index is -0.431. The maximum atomic E-state index is 12.5. The Hall–Kier alpha value is -3.06. The topological polar surface area (TPSA) is 62.1 Å². The zero-order valence-corrected chi connectivity index (χ0v) is 15.0. The van der Waals surface area contributed by atoms with Crippen molar-refractivity contribution in [2.75, 3.05) is 5.32 Å². The second-order valence-electron chi connectivity index (χ2n) is 6.10. The molecule has 0 aliphatic rings. The SMILES string of the molecule is Cc1cccc(C)c1NC(=O)/C(C#N)=C/c1ccccc1OC(C)C. The molecule has 0 aliphatic heterocycles. The molecule has 0 heterocycles. The number of amides is 1. The zero-order valence-electron chi connectivity index (χ0n) is 15.0. The van der Waals surface area contributed by atoms with Crippen molar-refractivity contribution in [1.82, 2.24) is 0 Å². The first kappa shape index (κ1) is 18.3. The van der Waals surface area contributed by atoms with Gasteiger partial charge in [0, 0.05) is 11.3 Å². The molecule has 0 unspecified atom stereocenters. The predicted octanol–water partition coefficient (Wildman–Crippen LogP) is 4.64. The van der Waals surface area contributed by atoms with Crippen LogP contribution in [0.15, 0.2) is 48.0 Å². The lowest BCUT2D eigenvalue weighted by molar-refractivity contribution is -0.112. The second kappa shape index (κ2) is 8.16. The van der Waals surface area contributed by atoms with Gasteiger partial charge in [0.1, 0.15) is 17.4 Å². The first-order valence-electron chi connectivity index (χ1n) is 8.17. The Morgan fingerprint density at radius 2 is 1.76 bits per heavy atom. The van der Waals surface area contributed by atoms with Gasteiger partial charge >= 0.3 is 0 Å². The fourth-order valence-electron chi connectivity index (χ4n) is 2.46. The van der Waals surface area contributed by atoms with Crippen LogP contribution in [0.4, 0.5) is 5.69 Å². The zero-order chi connectivity index (χ0) is 18.4. The van der Waals surface area contributed by atoms with E-state index in [-0.39, 0.29) is 11.7 Å². The highest BCUT2D eigenvalue weighted by Gasteiger charge is 2.13. The molecule has 25 heavy (non-hydrogen) atoms. The summed E-state index contributed by atoms with van der Waals surface area (Å²) in [6, 6.07) is 15.1. The molecule has 0 aromatic heterocycles. The monoisotopic (exact) mass is 334 g/mol. The number of nitrogens with one attached hydrogen (secondary N) is 1. The fourth-order valence-corrected chi connectivity index (χ4v) is 2.46. The molecule has 0 spiro atoms. The summed E-state index contributed by atoms with van der Waals surface area (Å²) in [7, 11) is 0. The standard InChI is InChI=1S/C21H22N2O2/c1-14(2)25-19-11-6-5-10-17(19)12-18(13-22)21(24)23-20-15(3)8-7-9-16(20)4/h5-12,14H,1-4H3,(H,23,24)/b18-12+. The van der Waals surface area contributed by atoms with Crippen LogP contribution in [-0.4, -0.2) is 12.0 Å². The normalized spacial score (nSPS) is 11.1. The first-order chi connectivity index (χ1) is 11.9. The van der Waals surface area contributed by atoms with E-state index in [0.717, 1.165) is 16.8 Å². The maximum absolute atomic E-state index is 12.5. The van der Waals surface area contributed by atoms with E-state index in [0.29, 0.717) is 11.3 Å². The van der Waals surface area contributed by atoms with Crippen molar-refractivity contribution in [3.05, 3.63) is 64.7 Å². The second-order valence-corrected chi connectivity index (χ2v) is 6.10. The van der Waals surface area contributed by atoms with Gasteiger partial charge in [-0.25, -0.2) is 0 Å². The molecule has 0 aliphatic carbocycles. The molecule has 0 saturated heterocycles. The van der Waals surface area contributed by atoms with E-state index in [1.54, 1.807) is 6.08 Å². The number of nitriles is 1. The Morgan fingerprint density at radius 1 is 1.12 bits per heavy atom. The molecule has 0 bridgehead atoms. The summed E-state index contributed by atoms with van der Waals surface area (Å²) in [5.74, 6) is 0.212. The van der Waals surface area contributed by atoms with Crippen LogP contribution >= 0.6 is 0 Å². The number of hydrogen-bond acceptors (Lipinski definition) is 3. The molecular weight excluding hydrogens is 312 g/mol. The number of benzene rings is 2. The number of para-hydroxylation sites is 2. The lowest BCUT2D eigenvalue weighted by Crippen LogP contribution is -2.15. The fraction of sp³-hybridized carbons (Fsp3) is 0.238. The smallest absolute Gasteiger partial charge is 0.266 e. The quantitative estimate of drug-likeness (QED) is 0.640. The van der Waals surface area contributed by atoms with Crippen molar-refractivity contribution in [1.29, 1.82) is 5.26 Å². The molecule has 0 fully saturated rings. The van der Waals surface area contributed by atoms with Crippen molar-refractivity contribution < 1.29 is 9.53 Å². The Labute approximate surface area is 148 Å². The first-order valence-corrected chi connectivity index (χ1v) is 8.17. The van der Waals surface area contributed by atoms with E-state index >= 15 is 0 Å². The van der Waals surface area contributed by atoms with E-state index in [4.69, 9.17) is 4.74 Å². The van der Waals surface area contributed by atoms with Gasteiger partial charge in [-0.05, 0) is 51.0 Å². The van der Waals surface area contributed by atoms with Gasteiger partial charge in [-0.15, -0.1) is 0 Å². The van der Waals surface area contributed by atoms with Gasteiger partial charge in [0.25, 0.3) is 5.91 Å². The van der Waals surface area contributed by atoms with Gasteiger partial charge in [0.15, 0.2) is 0 Å². The Kier molecular flexibility index (Phi) is 5.97. The highest BCUT2D eigenvalue weighted by Crippen LogP contribution is 2.24. The number of nitrogens with zero attached hydrogens (tertiary/aromatic N) is 1. The number of aryl methyl sites for hydroxylation is 2. The highest BCUT2D eigenvalue weighted by atomic mass is 16.5. The molecule has 4 nitrogen and oxygen atoms in total. The third-order valence-electron chi connectivity index (χ3n) is 3.67. The van der Waals surface area contributed by atoms with Crippen LogP contribution in [0.3, 0.4) is 0 Å². The summed E-state index contributed by atoms with van der Waals surface area (Å²) in [5, 5.41) is 12.3. The van der Waals surface area contributed by atoms with Gasteiger partial charge in [-0.2, -0.15) is 5.26 Å². The van der Waals surface area contributed by atoms with E-state index in [1.165, 1.54) is 0 Å². The Balaban J connectivity index is 2.32. The third kappa shape index (κ3) is 4.71. The van der Waals surface area contributed by atoms with Crippen LogP contribution in [0, 0.1) is 25.2 Å². The van der Waals surface area contributed by atoms with E-state index < -0.39 is 5.91 Å². The van der Waals surface area contributed by atoms with Gasteiger partial charge in [0.05, 0.1) is 6.10 Å². The van der Waals surface area contributed by atoms with Gasteiger partial charge in [-0.3, -0.25) is 4.79 Å². The average Bonchev–Trinajstić information content (AvgIpc) is 2.56. The molecule has 1 amide bonds. The Morgan fingerprint density at radius 3 is 2.36 bits per heavy atom. The molecule has 2 aromatic carbocycles. The molecule has 0 radical (unpaired) electrons. The number of anilines is 1. The summed E-state index contributed by atoms with van der Waals surface area (Å²) in [6.45, 7) is 7.70. The van der Waals surface area contributed by atoms with Crippen molar-refractivity contribution in [3.63, 3.8) is 0 Å². The van der Waals surface area contributed by atoms with E-state index in [1.807, 2.05) is 76.2 Å². The summed E-state index contributed by atoms with van der Waals surface area (Å²) in [4.78, 5) is 12.5. The number of carbonyl (C=O) groups is 1. The number of carbonyl (C=O) groups excluding carboxylic acids is 1. The minimum absolute atomic E-state index is 0.00327. The van der Waals surface area contributed by atoms with Crippen LogP contribution in [-0.2, 0) is 4.79 Å². The summed E-state index contributed by atoms with van der Waals surface area (Å²) in [5.41, 5.74) is 3.37. The third-order valence-corrected chi connectivity index (χ3v) is 3.67. The van der Waals surface area contributed by atoms with Crippen LogP contribution in [0.5, 0.6) is 5.75 Å². The van der Waals surface area contributed by atoms with E-state index in [9.17, 15) is 10.1 Å². The summed E-state index contributed by atoms with van der Waals surface area (Å²) < 4.78 is 5.74. The van der Waals surface area contributed by atoms with Crippen molar-refractivity contribution in [2.45, 2.75) is 33.8 Å². The number of hydrogen-bond donors (Lipinski definition) is 1. The molecular formula is C21H22N2O2. The van der Waals surface area contributed by atoms with Crippen LogP contribution < -0.4 is 10.1 Å². The molecule has 0 atom stereocenters. The average molecular weight is 334 g/mol. The summed E-state index contributed by atoms with van der Waals surface area (Å²) in [6.07, 6.45) is 1.56. The van der Waals surface area contributed by atoms with Crippen molar-refractivity contribution >= 4 is 17.7 Å². The molecule has 4 heteroatoms. The predicted molar refractivity (Wildman–Crippen MR) is 100 cm³/mol. The summed E-state index contributed by atoms with van der Waals surface area (Å²) >= 11 is 0. The molecule has 2 aromatic rings. The molecule has 1 N–H and O–H groups in total. The number of ether oxygens (including phenoxy) is 1. The van der Waals surface area contributed by atoms with Gasteiger partial charge in [0.2, 0.25) is 0 Å². The molecule has 2 rings (SSSR count). The maximum Gasteiger partial charge on any atom is 0.266 e. The minimum Gasteiger partial charge on any atom is -0.490 e. The van der Waals surface area contributed by atoms with Gasteiger partial charge in [-0.1, -0.05) is 36.4 Å². The lowest BCUT2D eigenvalue weighted by Gasteiger charge is -2.13. The van der Waals surface area contributed by atoms with Crippen molar-refractivity contribution in [2.24, 2.45) is 0 Å². The largest absolute Gasteiger partial charge is 0.490 e. The van der Waals surface area contributed by atoms with Crippen LogP contribution in [0.25, 0.3) is 6.08 Å². The Bertz CT molecular complexity index is 825. The van der Waals surface area contributed by atoms with Crippen molar-refractivity contribution in [3.8, 4) is 11.8 Å². The molecule has 128 valence electrons. The van der Waals surface area contributed by atoms with Crippen LogP contribution in [0.2, 0.25) is 0 Å².